The maximum Gasteiger partial charge on any atom is 0.310 e. The van der Waals surface area contributed by atoms with Gasteiger partial charge in [-0.2, -0.15) is 0 Å². The third-order valence-corrected chi connectivity index (χ3v) is 5.14. The maximum atomic E-state index is 11.6. The molecule has 0 radical (unpaired) electrons. The molecule has 0 atom stereocenters. The third-order valence-electron chi connectivity index (χ3n) is 3.84. The second-order valence-corrected chi connectivity index (χ2v) is 6.16. The molecule has 1 fully saturated rings. The molecule has 0 saturated heterocycles. The van der Waals surface area contributed by atoms with Crippen molar-refractivity contribution in [3.8, 4) is 5.75 Å². The van der Waals surface area contributed by atoms with Gasteiger partial charge in [0, 0.05) is 10.6 Å². The van der Waals surface area contributed by atoms with Crippen LogP contribution in [0.15, 0.2) is 29.2 Å². The summed E-state index contributed by atoms with van der Waals surface area (Å²) in [4.78, 5) is 12.7. The smallest absolute Gasteiger partial charge is 0.310 e. The summed E-state index contributed by atoms with van der Waals surface area (Å²) in [5.41, 5.74) is -0.525. The van der Waals surface area contributed by atoms with Gasteiger partial charge in [-0.15, -0.1) is 11.8 Å². The first-order valence-corrected chi connectivity index (χ1v) is 7.65. The molecule has 0 amide bonds. The second kappa shape index (κ2) is 6.33. The topological polar surface area (TPSA) is 46.5 Å². The van der Waals surface area contributed by atoms with Crippen LogP contribution in [0, 0.1) is 5.41 Å². The summed E-state index contributed by atoms with van der Waals surface area (Å²) in [6, 6.07) is 7.80. The van der Waals surface area contributed by atoms with E-state index < -0.39 is 11.4 Å². The molecule has 0 unspecified atom stereocenters. The summed E-state index contributed by atoms with van der Waals surface area (Å²) < 4.78 is 5.12. The molecule has 104 valence electrons. The van der Waals surface area contributed by atoms with Crippen molar-refractivity contribution in [2.24, 2.45) is 5.41 Å². The molecule has 2 rings (SSSR count). The Hall–Kier alpha value is -1.16. The van der Waals surface area contributed by atoms with Gasteiger partial charge in [0.2, 0.25) is 0 Å². The summed E-state index contributed by atoms with van der Waals surface area (Å²) in [6.45, 7) is 0. The zero-order valence-corrected chi connectivity index (χ0v) is 12.0. The van der Waals surface area contributed by atoms with Gasteiger partial charge in [-0.05, 0) is 37.1 Å². The van der Waals surface area contributed by atoms with Crippen LogP contribution in [-0.4, -0.2) is 23.9 Å². The lowest BCUT2D eigenvalue weighted by molar-refractivity contribution is -0.149. The van der Waals surface area contributed by atoms with Crippen LogP contribution in [0.4, 0.5) is 0 Å². The SMILES string of the molecule is COc1ccc(SCC2(C(=O)O)CCCCC2)cc1. The van der Waals surface area contributed by atoms with Crippen LogP contribution in [0.5, 0.6) is 5.75 Å². The fourth-order valence-corrected chi connectivity index (χ4v) is 3.73. The Kier molecular flexibility index (Phi) is 4.75. The summed E-state index contributed by atoms with van der Waals surface area (Å²) in [7, 11) is 1.64. The lowest BCUT2D eigenvalue weighted by Crippen LogP contribution is -2.35. The van der Waals surface area contributed by atoms with Crippen molar-refractivity contribution in [2.75, 3.05) is 12.9 Å². The molecule has 1 N–H and O–H groups in total. The van der Waals surface area contributed by atoms with Gasteiger partial charge >= 0.3 is 5.97 Å². The molecule has 0 aliphatic heterocycles. The van der Waals surface area contributed by atoms with Crippen molar-refractivity contribution in [1.29, 1.82) is 0 Å². The molecule has 1 saturated carbocycles. The lowest BCUT2D eigenvalue weighted by atomic mass is 9.76. The summed E-state index contributed by atoms with van der Waals surface area (Å²) in [5.74, 6) is 0.859. The standard InChI is InChI=1S/C15H20O3S/c1-18-12-5-7-13(8-6-12)19-11-15(14(16)17)9-3-2-4-10-15/h5-8H,2-4,9-11H2,1H3,(H,16,17). The normalized spacial score (nSPS) is 17.9. The van der Waals surface area contributed by atoms with Crippen LogP contribution in [-0.2, 0) is 4.79 Å². The van der Waals surface area contributed by atoms with E-state index in [1.54, 1.807) is 18.9 Å². The number of carboxylic acids is 1. The molecule has 0 heterocycles. The molecular formula is C15H20O3S. The predicted octanol–water partition coefficient (Wildman–Crippen LogP) is 3.82. The molecule has 0 spiro atoms. The highest BCUT2D eigenvalue weighted by Gasteiger charge is 2.39. The molecule has 3 nitrogen and oxygen atoms in total. The molecule has 4 heteroatoms. The number of benzene rings is 1. The van der Waals surface area contributed by atoms with Crippen LogP contribution in [0.1, 0.15) is 32.1 Å². The van der Waals surface area contributed by atoms with Gasteiger partial charge in [0.1, 0.15) is 5.75 Å². The van der Waals surface area contributed by atoms with E-state index in [1.807, 2.05) is 24.3 Å². The van der Waals surface area contributed by atoms with Crippen LogP contribution in [0.25, 0.3) is 0 Å². The highest BCUT2D eigenvalue weighted by atomic mass is 32.2. The first-order valence-electron chi connectivity index (χ1n) is 6.66. The molecule has 1 aromatic carbocycles. The van der Waals surface area contributed by atoms with Crippen LogP contribution in [0.3, 0.4) is 0 Å². The maximum absolute atomic E-state index is 11.6. The first-order chi connectivity index (χ1) is 9.16. The van der Waals surface area contributed by atoms with E-state index in [0.29, 0.717) is 5.75 Å². The Labute approximate surface area is 118 Å². The van der Waals surface area contributed by atoms with Gasteiger partial charge in [0.25, 0.3) is 0 Å². The number of hydrogen-bond acceptors (Lipinski definition) is 3. The number of methoxy groups -OCH3 is 1. The van der Waals surface area contributed by atoms with Crippen molar-refractivity contribution in [2.45, 2.75) is 37.0 Å². The van der Waals surface area contributed by atoms with Gasteiger partial charge in [-0.25, -0.2) is 0 Å². The van der Waals surface area contributed by atoms with E-state index in [9.17, 15) is 9.90 Å². The Morgan fingerprint density at radius 3 is 2.42 bits per heavy atom. The largest absolute Gasteiger partial charge is 0.497 e. The monoisotopic (exact) mass is 280 g/mol. The van der Waals surface area contributed by atoms with Gasteiger partial charge in [-0.3, -0.25) is 4.79 Å². The van der Waals surface area contributed by atoms with E-state index >= 15 is 0 Å². The zero-order chi connectivity index (χ0) is 13.7. The number of ether oxygens (including phenoxy) is 1. The highest BCUT2D eigenvalue weighted by Crippen LogP contribution is 2.41. The lowest BCUT2D eigenvalue weighted by Gasteiger charge is -2.32. The van der Waals surface area contributed by atoms with Gasteiger partial charge in [0.15, 0.2) is 0 Å². The number of thioether (sulfide) groups is 1. The van der Waals surface area contributed by atoms with Gasteiger partial charge in [0.05, 0.1) is 12.5 Å². The van der Waals surface area contributed by atoms with E-state index in [0.717, 1.165) is 36.3 Å². The molecule has 0 aromatic heterocycles. The fraction of sp³-hybridized carbons (Fsp3) is 0.533. The van der Waals surface area contributed by atoms with Crippen LogP contribution < -0.4 is 4.74 Å². The van der Waals surface area contributed by atoms with Crippen molar-refractivity contribution in [1.82, 2.24) is 0 Å². The van der Waals surface area contributed by atoms with Crippen molar-refractivity contribution in [3.63, 3.8) is 0 Å². The molecule has 1 aliphatic carbocycles. The zero-order valence-electron chi connectivity index (χ0n) is 11.2. The average Bonchev–Trinajstić information content (AvgIpc) is 2.46. The summed E-state index contributed by atoms with van der Waals surface area (Å²) >= 11 is 1.64. The molecule has 1 aliphatic rings. The molecule has 19 heavy (non-hydrogen) atoms. The van der Waals surface area contributed by atoms with Crippen molar-refractivity contribution in [3.05, 3.63) is 24.3 Å². The van der Waals surface area contributed by atoms with Crippen molar-refractivity contribution < 1.29 is 14.6 Å². The van der Waals surface area contributed by atoms with Crippen molar-refractivity contribution >= 4 is 17.7 Å². The number of carboxylic acid groups (broad SMARTS) is 1. The molecule has 1 aromatic rings. The van der Waals surface area contributed by atoms with E-state index in [2.05, 4.69) is 0 Å². The third kappa shape index (κ3) is 3.44. The summed E-state index contributed by atoms with van der Waals surface area (Å²) in [6.07, 6.45) is 4.87. The first kappa shape index (κ1) is 14.3. The van der Waals surface area contributed by atoms with E-state index in [1.165, 1.54) is 6.42 Å². The predicted molar refractivity (Wildman–Crippen MR) is 76.9 cm³/mol. The number of rotatable bonds is 5. The second-order valence-electron chi connectivity index (χ2n) is 5.11. The Balaban J connectivity index is 2.00. The fourth-order valence-electron chi connectivity index (χ4n) is 2.54. The van der Waals surface area contributed by atoms with E-state index in [4.69, 9.17) is 4.74 Å². The number of carbonyl (C=O) groups is 1. The van der Waals surface area contributed by atoms with Crippen LogP contribution >= 0.6 is 11.8 Å². The minimum absolute atomic E-state index is 0.525. The number of aliphatic carboxylic acids is 1. The molecule has 0 bridgehead atoms. The Morgan fingerprint density at radius 2 is 1.89 bits per heavy atom. The van der Waals surface area contributed by atoms with E-state index in [-0.39, 0.29) is 0 Å². The Morgan fingerprint density at radius 1 is 1.26 bits per heavy atom. The van der Waals surface area contributed by atoms with Crippen LogP contribution in [0.2, 0.25) is 0 Å². The minimum atomic E-state index is -0.631. The minimum Gasteiger partial charge on any atom is -0.497 e. The molecular weight excluding hydrogens is 260 g/mol. The average molecular weight is 280 g/mol. The van der Waals surface area contributed by atoms with Gasteiger partial charge in [-0.1, -0.05) is 19.3 Å². The Bertz CT molecular complexity index is 422. The quantitative estimate of drug-likeness (QED) is 0.833. The van der Waals surface area contributed by atoms with Gasteiger partial charge < -0.3 is 9.84 Å². The summed E-state index contributed by atoms with van der Waals surface area (Å²) in [5, 5.41) is 9.52. The highest BCUT2D eigenvalue weighted by molar-refractivity contribution is 7.99. The number of hydrogen-bond donors (Lipinski definition) is 1.